The lowest BCUT2D eigenvalue weighted by atomic mass is 10.1. The lowest BCUT2D eigenvalue weighted by molar-refractivity contribution is 0.0875. The van der Waals surface area contributed by atoms with Gasteiger partial charge in [0.05, 0.1) is 12.6 Å². The summed E-state index contributed by atoms with van der Waals surface area (Å²) < 4.78 is 5.43. The molecule has 1 fully saturated rings. The van der Waals surface area contributed by atoms with Crippen molar-refractivity contribution in [3.63, 3.8) is 0 Å². The largest absolute Gasteiger partial charge is 0.379 e. The van der Waals surface area contributed by atoms with Crippen LogP contribution in [-0.4, -0.2) is 38.3 Å². The molecule has 0 aromatic carbocycles. The first-order valence-electron chi connectivity index (χ1n) is 5.73. The van der Waals surface area contributed by atoms with Crippen LogP contribution in [0.3, 0.4) is 0 Å². The van der Waals surface area contributed by atoms with E-state index in [-0.39, 0.29) is 0 Å². The van der Waals surface area contributed by atoms with Gasteiger partial charge in [-0.3, -0.25) is 0 Å². The Bertz CT molecular complexity index is 335. The van der Waals surface area contributed by atoms with Crippen molar-refractivity contribution in [3.05, 3.63) is 18.3 Å². The van der Waals surface area contributed by atoms with Crippen LogP contribution in [0.15, 0.2) is 18.3 Å². The predicted molar refractivity (Wildman–Crippen MR) is 66.0 cm³/mol. The van der Waals surface area contributed by atoms with Gasteiger partial charge in [-0.05, 0) is 18.9 Å². The first-order chi connectivity index (χ1) is 7.75. The Morgan fingerprint density at radius 2 is 2.38 bits per heavy atom. The summed E-state index contributed by atoms with van der Waals surface area (Å²) in [6.45, 7) is 1.68. The molecule has 0 aliphatic carbocycles. The van der Waals surface area contributed by atoms with Crippen LogP contribution in [0, 0.1) is 0 Å². The van der Waals surface area contributed by atoms with Crippen molar-refractivity contribution < 1.29 is 4.74 Å². The van der Waals surface area contributed by atoms with Crippen LogP contribution in [0.5, 0.6) is 0 Å². The molecule has 16 heavy (non-hydrogen) atoms. The molecule has 1 N–H and O–H groups in total. The van der Waals surface area contributed by atoms with Gasteiger partial charge in [0.2, 0.25) is 0 Å². The second-order valence-electron chi connectivity index (χ2n) is 4.35. The summed E-state index contributed by atoms with van der Waals surface area (Å²) in [6.07, 6.45) is 4.13. The average Bonchev–Trinajstić information content (AvgIpc) is 2.30. The molecule has 4 nitrogen and oxygen atoms in total. The highest BCUT2D eigenvalue weighted by Crippen LogP contribution is 2.17. The minimum atomic E-state index is 0.402. The van der Waals surface area contributed by atoms with Crippen molar-refractivity contribution in [2.24, 2.45) is 0 Å². The van der Waals surface area contributed by atoms with Gasteiger partial charge in [0.1, 0.15) is 5.82 Å². The SMILES string of the molecule is CN(C)c1ccnc(NC2CCCOC2)c1. The van der Waals surface area contributed by atoms with Crippen molar-refractivity contribution in [3.8, 4) is 0 Å². The van der Waals surface area contributed by atoms with Gasteiger partial charge in [-0.25, -0.2) is 4.98 Å². The Balaban J connectivity index is 2.00. The Hall–Kier alpha value is -1.29. The predicted octanol–water partition coefficient (Wildman–Crippen LogP) is 1.74. The second-order valence-corrected chi connectivity index (χ2v) is 4.35. The molecule has 1 saturated heterocycles. The average molecular weight is 221 g/mol. The van der Waals surface area contributed by atoms with E-state index in [4.69, 9.17) is 4.74 Å². The van der Waals surface area contributed by atoms with E-state index >= 15 is 0 Å². The number of pyridine rings is 1. The lowest BCUT2D eigenvalue weighted by Crippen LogP contribution is -2.30. The Morgan fingerprint density at radius 3 is 3.06 bits per heavy atom. The van der Waals surface area contributed by atoms with Gasteiger partial charge in [0.25, 0.3) is 0 Å². The van der Waals surface area contributed by atoms with E-state index in [1.807, 2.05) is 26.4 Å². The fourth-order valence-corrected chi connectivity index (χ4v) is 1.84. The zero-order valence-electron chi connectivity index (χ0n) is 9.94. The minimum absolute atomic E-state index is 0.402. The Morgan fingerprint density at radius 1 is 1.50 bits per heavy atom. The number of nitrogens with zero attached hydrogens (tertiary/aromatic N) is 2. The quantitative estimate of drug-likeness (QED) is 0.843. The first-order valence-corrected chi connectivity index (χ1v) is 5.73. The molecule has 0 bridgehead atoms. The van der Waals surface area contributed by atoms with Crippen LogP contribution < -0.4 is 10.2 Å². The highest BCUT2D eigenvalue weighted by atomic mass is 16.5. The third kappa shape index (κ3) is 2.85. The maximum absolute atomic E-state index is 5.43. The molecule has 4 heteroatoms. The van der Waals surface area contributed by atoms with Crippen molar-refractivity contribution >= 4 is 11.5 Å². The van der Waals surface area contributed by atoms with Crippen LogP contribution in [0.1, 0.15) is 12.8 Å². The number of rotatable bonds is 3. The van der Waals surface area contributed by atoms with Crippen LogP contribution in [0.4, 0.5) is 11.5 Å². The molecule has 1 atom stereocenters. The Labute approximate surface area is 96.6 Å². The molecule has 1 aliphatic rings. The van der Waals surface area contributed by atoms with Crippen molar-refractivity contribution in [1.29, 1.82) is 0 Å². The smallest absolute Gasteiger partial charge is 0.128 e. The number of ether oxygens (including phenoxy) is 1. The number of aromatic nitrogens is 1. The fraction of sp³-hybridized carbons (Fsp3) is 0.583. The maximum atomic E-state index is 5.43. The molecule has 2 heterocycles. The second kappa shape index (κ2) is 5.16. The molecule has 1 unspecified atom stereocenters. The van der Waals surface area contributed by atoms with Gasteiger partial charge in [-0.1, -0.05) is 0 Å². The molecule has 2 rings (SSSR count). The highest BCUT2D eigenvalue weighted by molar-refractivity contribution is 5.53. The molecule has 0 saturated carbocycles. The maximum Gasteiger partial charge on any atom is 0.128 e. The van der Waals surface area contributed by atoms with Gasteiger partial charge >= 0.3 is 0 Å². The van der Waals surface area contributed by atoms with Crippen LogP contribution >= 0.6 is 0 Å². The summed E-state index contributed by atoms with van der Waals surface area (Å²) >= 11 is 0. The van der Waals surface area contributed by atoms with Gasteiger partial charge < -0.3 is 15.0 Å². The molecule has 1 aliphatic heterocycles. The molecule has 88 valence electrons. The van der Waals surface area contributed by atoms with Gasteiger partial charge in [-0.15, -0.1) is 0 Å². The third-order valence-corrected chi connectivity index (χ3v) is 2.77. The van der Waals surface area contributed by atoms with Gasteiger partial charge in [0.15, 0.2) is 0 Å². The summed E-state index contributed by atoms with van der Waals surface area (Å²) in [7, 11) is 4.06. The van der Waals surface area contributed by atoms with Crippen LogP contribution in [-0.2, 0) is 4.74 Å². The lowest BCUT2D eigenvalue weighted by Gasteiger charge is -2.24. The molecule has 1 aromatic rings. The normalized spacial score (nSPS) is 20.5. The molecular weight excluding hydrogens is 202 g/mol. The third-order valence-electron chi connectivity index (χ3n) is 2.77. The van der Waals surface area contributed by atoms with Crippen molar-refractivity contribution in [2.75, 3.05) is 37.5 Å². The number of nitrogens with one attached hydrogen (secondary N) is 1. The summed E-state index contributed by atoms with van der Waals surface area (Å²) in [5.74, 6) is 0.932. The minimum Gasteiger partial charge on any atom is -0.379 e. The summed E-state index contributed by atoms with van der Waals surface area (Å²) in [6, 6.07) is 4.47. The van der Waals surface area contributed by atoms with E-state index in [9.17, 15) is 0 Å². The van der Waals surface area contributed by atoms with Crippen molar-refractivity contribution in [1.82, 2.24) is 4.98 Å². The number of hydrogen-bond donors (Lipinski definition) is 1. The molecule has 0 spiro atoms. The highest BCUT2D eigenvalue weighted by Gasteiger charge is 2.13. The van der Waals surface area contributed by atoms with Crippen LogP contribution in [0.25, 0.3) is 0 Å². The monoisotopic (exact) mass is 221 g/mol. The summed E-state index contributed by atoms with van der Waals surface area (Å²) in [4.78, 5) is 6.40. The van der Waals surface area contributed by atoms with E-state index in [1.165, 1.54) is 0 Å². The number of anilines is 2. The Kier molecular flexibility index (Phi) is 3.62. The topological polar surface area (TPSA) is 37.4 Å². The van der Waals surface area contributed by atoms with Gasteiger partial charge in [0, 0.05) is 38.7 Å². The van der Waals surface area contributed by atoms with Crippen molar-refractivity contribution in [2.45, 2.75) is 18.9 Å². The summed E-state index contributed by atoms with van der Waals surface area (Å²) in [5, 5.41) is 3.41. The standard InChI is InChI=1S/C12H19N3O/c1-15(2)11-5-6-13-12(8-11)14-10-4-3-7-16-9-10/h5-6,8,10H,3-4,7,9H2,1-2H3,(H,13,14). The van der Waals surface area contributed by atoms with E-state index in [0.717, 1.165) is 37.6 Å². The first kappa shape index (κ1) is 11.2. The molecule has 1 aromatic heterocycles. The van der Waals surface area contributed by atoms with Crippen LogP contribution in [0.2, 0.25) is 0 Å². The fourth-order valence-electron chi connectivity index (χ4n) is 1.84. The number of hydrogen-bond acceptors (Lipinski definition) is 4. The van der Waals surface area contributed by atoms with Gasteiger partial charge in [-0.2, -0.15) is 0 Å². The zero-order chi connectivity index (χ0) is 11.4. The molecule has 0 radical (unpaired) electrons. The van der Waals surface area contributed by atoms with E-state index in [1.54, 1.807) is 0 Å². The molecule has 0 amide bonds. The van der Waals surface area contributed by atoms with E-state index in [2.05, 4.69) is 21.3 Å². The molecular formula is C12H19N3O. The summed E-state index contributed by atoms with van der Waals surface area (Å²) in [5.41, 5.74) is 1.16. The van der Waals surface area contributed by atoms with E-state index in [0.29, 0.717) is 6.04 Å². The zero-order valence-corrected chi connectivity index (χ0v) is 9.94. The van der Waals surface area contributed by atoms with E-state index < -0.39 is 0 Å².